The number of rotatable bonds is 3. The standard InChI is InChI=1S/C16H18N2OS/c19-16(17-12-13-6-2-1-3-7-13)18-10-4-8-14(18)15-9-5-11-20-15/h1-3,5-7,9,11,14H,4,8,10,12H2,(H,17,19)/t14-/m1/s1. The molecule has 3 rings (SSSR count). The number of thiophene rings is 1. The van der Waals surface area contributed by atoms with Crippen LogP contribution in [0.4, 0.5) is 4.79 Å². The molecule has 2 heterocycles. The van der Waals surface area contributed by atoms with E-state index in [0.29, 0.717) is 6.54 Å². The Morgan fingerprint density at radius 3 is 2.85 bits per heavy atom. The fourth-order valence-electron chi connectivity index (χ4n) is 2.66. The van der Waals surface area contributed by atoms with E-state index in [1.807, 2.05) is 35.2 Å². The van der Waals surface area contributed by atoms with Crippen molar-refractivity contribution in [1.82, 2.24) is 10.2 Å². The summed E-state index contributed by atoms with van der Waals surface area (Å²) >= 11 is 1.73. The highest BCUT2D eigenvalue weighted by Gasteiger charge is 2.30. The minimum atomic E-state index is 0.0461. The summed E-state index contributed by atoms with van der Waals surface area (Å²) < 4.78 is 0. The zero-order valence-electron chi connectivity index (χ0n) is 11.3. The molecule has 2 amide bonds. The molecule has 1 atom stereocenters. The Bertz CT molecular complexity index is 553. The third-order valence-corrected chi connectivity index (χ3v) is 4.65. The van der Waals surface area contributed by atoms with Gasteiger partial charge in [-0.2, -0.15) is 0 Å². The van der Waals surface area contributed by atoms with Crippen molar-refractivity contribution in [2.24, 2.45) is 0 Å². The zero-order valence-corrected chi connectivity index (χ0v) is 12.1. The maximum Gasteiger partial charge on any atom is 0.318 e. The Morgan fingerprint density at radius 2 is 2.10 bits per heavy atom. The molecule has 1 fully saturated rings. The number of hydrogen-bond acceptors (Lipinski definition) is 2. The molecule has 1 N–H and O–H groups in total. The van der Waals surface area contributed by atoms with Gasteiger partial charge in [0.15, 0.2) is 0 Å². The monoisotopic (exact) mass is 286 g/mol. The Morgan fingerprint density at radius 1 is 1.25 bits per heavy atom. The van der Waals surface area contributed by atoms with Gasteiger partial charge in [-0.15, -0.1) is 11.3 Å². The number of nitrogens with one attached hydrogen (secondary N) is 1. The van der Waals surface area contributed by atoms with Gasteiger partial charge >= 0.3 is 6.03 Å². The van der Waals surface area contributed by atoms with Gasteiger partial charge in [0.1, 0.15) is 0 Å². The molecule has 104 valence electrons. The molecule has 1 aliphatic rings. The van der Waals surface area contributed by atoms with Crippen molar-refractivity contribution in [3.63, 3.8) is 0 Å². The third kappa shape index (κ3) is 2.85. The predicted octanol–water partition coefficient (Wildman–Crippen LogP) is 3.79. The van der Waals surface area contributed by atoms with Crippen LogP contribution < -0.4 is 5.32 Å². The molecule has 0 radical (unpaired) electrons. The van der Waals surface area contributed by atoms with Gasteiger partial charge in [0.05, 0.1) is 6.04 Å². The highest BCUT2D eigenvalue weighted by Crippen LogP contribution is 2.34. The number of urea groups is 1. The van der Waals surface area contributed by atoms with Crippen molar-refractivity contribution < 1.29 is 4.79 Å². The van der Waals surface area contributed by atoms with Crippen LogP contribution >= 0.6 is 11.3 Å². The molecule has 0 unspecified atom stereocenters. The number of carbonyl (C=O) groups is 1. The minimum absolute atomic E-state index is 0.0461. The van der Waals surface area contributed by atoms with Crippen LogP contribution in [-0.2, 0) is 6.54 Å². The third-order valence-electron chi connectivity index (χ3n) is 3.67. The van der Waals surface area contributed by atoms with E-state index in [2.05, 4.69) is 22.8 Å². The van der Waals surface area contributed by atoms with Gasteiger partial charge in [0, 0.05) is 18.0 Å². The van der Waals surface area contributed by atoms with Crippen LogP contribution in [0.5, 0.6) is 0 Å². The number of nitrogens with zero attached hydrogens (tertiary/aromatic N) is 1. The van der Waals surface area contributed by atoms with Gasteiger partial charge in [-0.05, 0) is 29.9 Å². The number of hydrogen-bond donors (Lipinski definition) is 1. The van der Waals surface area contributed by atoms with Gasteiger partial charge in [-0.25, -0.2) is 4.79 Å². The summed E-state index contributed by atoms with van der Waals surface area (Å²) in [5.41, 5.74) is 1.13. The van der Waals surface area contributed by atoms with Gasteiger partial charge < -0.3 is 10.2 Å². The van der Waals surface area contributed by atoms with Crippen molar-refractivity contribution >= 4 is 17.4 Å². The van der Waals surface area contributed by atoms with Crippen molar-refractivity contribution in [3.05, 3.63) is 58.3 Å². The van der Waals surface area contributed by atoms with Gasteiger partial charge in [0.2, 0.25) is 0 Å². The largest absolute Gasteiger partial charge is 0.334 e. The Kier molecular flexibility index (Phi) is 4.02. The second kappa shape index (κ2) is 6.09. The summed E-state index contributed by atoms with van der Waals surface area (Å²) in [6, 6.07) is 14.5. The quantitative estimate of drug-likeness (QED) is 0.914. The lowest BCUT2D eigenvalue weighted by molar-refractivity contribution is 0.193. The molecule has 0 aliphatic carbocycles. The van der Waals surface area contributed by atoms with Crippen molar-refractivity contribution in [2.45, 2.75) is 25.4 Å². The Balaban J connectivity index is 1.62. The first-order chi connectivity index (χ1) is 9.84. The van der Waals surface area contributed by atoms with E-state index in [1.54, 1.807) is 11.3 Å². The van der Waals surface area contributed by atoms with E-state index in [4.69, 9.17) is 0 Å². The molecule has 20 heavy (non-hydrogen) atoms. The molecular weight excluding hydrogens is 268 g/mol. The number of amides is 2. The fourth-order valence-corrected chi connectivity index (χ4v) is 3.54. The van der Waals surface area contributed by atoms with E-state index in [-0.39, 0.29) is 12.1 Å². The van der Waals surface area contributed by atoms with E-state index < -0.39 is 0 Å². The average Bonchev–Trinajstić information content (AvgIpc) is 3.15. The summed E-state index contributed by atoms with van der Waals surface area (Å²) in [7, 11) is 0. The average molecular weight is 286 g/mol. The molecule has 4 heteroatoms. The summed E-state index contributed by atoms with van der Waals surface area (Å²) in [5, 5.41) is 5.10. The zero-order chi connectivity index (χ0) is 13.8. The Labute approximate surface area is 123 Å². The fraction of sp³-hybridized carbons (Fsp3) is 0.312. The molecular formula is C16H18N2OS. The van der Waals surface area contributed by atoms with Crippen LogP contribution in [0.25, 0.3) is 0 Å². The second-order valence-corrected chi connectivity index (χ2v) is 5.99. The smallest absolute Gasteiger partial charge is 0.318 e. The number of likely N-dealkylation sites (tertiary alicyclic amines) is 1. The van der Waals surface area contributed by atoms with Crippen LogP contribution in [0.3, 0.4) is 0 Å². The van der Waals surface area contributed by atoms with Gasteiger partial charge in [-0.1, -0.05) is 36.4 Å². The Hall–Kier alpha value is -1.81. The van der Waals surface area contributed by atoms with Crippen LogP contribution in [0.15, 0.2) is 47.8 Å². The molecule has 3 nitrogen and oxygen atoms in total. The lowest BCUT2D eigenvalue weighted by Gasteiger charge is -2.24. The van der Waals surface area contributed by atoms with Gasteiger partial charge in [-0.3, -0.25) is 0 Å². The molecule has 0 bridgehead atoms. The number of benzene rings is 1. The minimum Gasteiger partial charge on any atom is -0.334 e. The predicted molar refractivity (Wildman–Crippen MR) is 81.7 cm³/mol. The summed E-state index contributed by atoms with van der Waals surface area (Å²) in [4.78, 5) is 15.6. The van der Waals surface area contributed by atoms with Crippen molar-refractivity contribution in [1.29, 1.82) is 0 Å². The summed E-state index contributed by atoms with van der Waals surface area (Å²) in [6.07, 6.45) is 2.15. The van der Waals surface area contributed by atoms with Crippen LogP contribution in [0, 0.1) is 0 Å². The van der Waals surface area contributed by atoms with Crippen molar-refractivity contribution in [2.75, 3.05) is 6.54 Å². The molecule has 0 spiro atoms. The lowest BCUT2D eigenvalue weighted by Crippen LogP contribution is -2.38. The molecule has 2 aromatic rings. The molecule has 1 aliphatic heterocycles. The first-order valence-electron chi connectivity index (χ1n) is 6.96. The first kappa shape index (κ1) is 13.2. The van der Waals surface area contributed by atoms with Crippen LogP contribution in [0.1, 0.15) is 29.3 Å². The van der Waals surface area contributed by atoms with E-state index in [9.17, 15) is 4.79 Å². The van der Waals surface area contributed by atoms with Crippen LogP contribution in [-0.4, -0.2) is 17.5 Å². The maximum absolute atomic E-state index is 12.3. The molecule has 1 saturated heterocycles. The topological polar surface area (TPSA) is 32.3 Å². The van der Waals surface area contributed by atoms with Crippen molar-refractivity contribution in [3.8, 4) is 0 Å². The normalized spacial score (nSPS) is 18.2. The number of carbonyl (C=O) groups excluding carboxylic acids is 1. The van der Waals surface area contributed by atoms with E-state index in [1.165, 1.54) is 4.88 Å². The highest BCUT2D eigenvalue weighted by atomic mass is 32.1. The molecule has 0 saturated carbocycles. The highest BCUT2D eigenvalue weighted by molar-refractivity contribution is 7.10. The van der Waals surface area contributed by atoms with E-state index in [0.717, 1.165) is 24.9 Å². The molecule has 1 aromatic carbocycles. The SMILES string of the molecule is O=C(NCc1ccccc1)N1CCC[C@@H]1c1cccs1. The first-order valence-corrected chi connectivity index (χ1v) is 7.84. The van der Waals surface area contributed by atoms with Crippen LogP contribution in [0.2, 0.25) is 0 Å². The van der Waals surface area contributed by atoms with E-state index >= 15 is 0 Å². The maximum atomic E-state index is 12.3. The summed E-state index contributed by atoms with van der Waals surface area (Å²) in [5.74, 6) is 0. The van der Waals surface area contributed by atoms with Gasteiger partial charge in [0.25, 0.3) is 0 Å². The second-order valence-electron chi connectivity index (χ2n) is 5.01. The summed E-state index contributed by atoms with van der Waals surface area (Å²) in [6.45, 7) is 1.44. The molecule has 1 aromatic heterocycles. The lowest BCUT2D eigenvalue weighted by atomic mass is 10.2.